The highest BCUT2D eigenvalue weighted by Crippen LogP contribution is 2.28. The quantitative estimate of drug-likeness (QED) is 0.810. The minimum atomic E-state index is -5.01. The molecule has 0 aromatic rings. The minimum Gasteiger partial charge on any atom is -0.371 e. The van der Waals surface area contributed by atoms with Gasteiger partial charge in [0, 0.05) is 6.54 Å². The Hall–Kier alpha value is -1.31. The highest BCUT2D eigenvalue weighted by molar-refractivity contribution is 5.89. The first-order valence-corrected chi connectivity index (χ1v) is 7.25. The van der Waals surface area contributed by atoms with Gasteiger partial charge < -0.3 is 15.4 Å². The van der Waals surface area contributed by atoms with E-state index in [1.807, 2.05) is 13.8 Å². The average molecular weight is 324 g/mol. The second-order valence-corrected chi connectivity index (χ2v) is 6.48. The summed E-state index contributed by atoms with van der Waals surface area (Å²) >= 11 is 0. The number of halogens is 3. The molecule has 1 rings (SSSR count). The third kappa shape index (κ3) is 5.47. The van der Waals surface area contributed by atoms with E-state index >= 15 is 0 Å². The average Bonchev–Trinajstić information content (AvgIpc) is 2.70. The molecule has 0 aromatic heterocycles. The molecule has 8 heteroatoms. The first-order chi connectivity index (χ1) is 9.92. The molecule has 1 unspecified atom stereocenters. The fraction of sp³-hybridized carbons (Fsp3) is 0.857. The maximum atomic E-state index is 12.3. The Morgan fingerprint density at radius 3 is 2.32 bits per heavy atom. The second-order valence-electron chi connectivity index (χ2n) is 6.48. The van der Waals surface area contributed by atoms with Gasteiger partial charge >= 0.3 is 12.1 Å². The van der Waals surface area contributed by atoms with Gasteiger partial charge in [0.15, 0.2) is 0 Å². The molecule has 0 aromatic carbocycles. The van der Waals surface area contributed by atoms with Gasteiger partial charge in [-0.1, -0.05) is 13.8 Å². The number of amides is 2. The van der Waals surface area contributed by atoms with Crippen LogP contribution in [0, 0.1) is 5.92 Å². The highest BCUT2D eigenvalue weighted by atomic mass is 19.4. The number of ether oxygens (including phenoxy) is 1. The summed E-state index contributed by atoms with van der Waals surface area (Å²) < 4.78 is 42.6. The molecule has 0 radical (unpaired) electrons. The molecule has 2 N–H and O–H groups in total. The predicted molar refractivity (Wildman–Crippen MR) is 74.0 cm³/mol. The molecular formula is C14H23F3N2O3. The van der Waals surface area contributed by atoms with Crippen molar-refractivity contribution in [3.05, 3.63) is 0 Å². The van der Waals surface area contributed by atoms with Crippen LogP contribution < -0.4 is 10.6 Å². The fourth-order valence-electron chi connectivity index (χ4n) is 2.30. The lowest BCUT2D eigenvalue weighted by Gasteiger charge is -2.24. The minimum absolute atomic E-state index is 0.162. The third-order valence-corrected chi connectivity index (χ3v) is 3.55. The number of carbonyl (C=O) groups excluding carboxylic acids is 2. The van der Waals surface area contributed by atoms with Crippen molar-refractivity contribution in [2.75, 3.05) is 6.54 Å². The summed E-state index contributed by atoms with van der Waals surface area (Å²) in [5, 5.41) is 4.29. The van der Waals surface area contributed by atoms with Crippen molar-refractivity contribution in [1.82, 2.24) is 10.6 Å². The van der Waals surface area contributed by atoms with Gasteiger partial charge in [0.05, 0.1) is 11.7 Å². The van der Waals surface area contributed by atoms with E-state index in [0.29, 0.717) is 0 Å². The lowest BCUT2D eigenvalue weighted by Crippen LogP contribution is -2.53. The van der Waals surface area contributed by atoms with Crippen LogP contribution in [0.25, 0.3) is 0 Å². The van der Waals surface area contributed by atoms with E-state index in [1.165, 1.54) is 0 Å². The van der Waals surface area contributed by atoms with Crippen molar-refractivity contribution in [2.24, 2.45) is 5.92 Å². The summed E-state index contributed by atoms with van der Waals surface area (Å²) in [5.74, 6) is -3.22. The summed E-state index contributed by atoms with van der Waals surface area (Å²) in [6.45, 7) is 7.23. The molecular weight excluding hydrogens is 301 g/mol. The van der Waals surface area contributed by atoms with Crippen molar-refractivity contribution >= 4 is 11.8 Å². The molecule has 5 nitrogen and oxygen atoms in total. The fourth-order valence-corrected chi connectivity index (χ4v) is 2.30. The van der Waals surface area contributed by atoms with Crippen LogP contribution in [-0.2, 0) is 14.3 Å². The Balaban J connectivity index is 2.54. The van der Waals surface area contributed by atoms with Crippen molar-refractivity contribution in [2.45, 2.75) is 64.5 Å². The number of alkyl halides is 3. The monoisotopic (exact) mass is 324 g/mol. The van der Waals surface area contributed by atoms with Crippen LogP contribution in [0.2, 0.25) is 0 Å². The first kappa shape index (κ1) is 18.7. The van der Waals surface area contributed by atoms with Gasteiger partial charge in [0.25, 0.3) is 0 Å². The van der Waals surface area contributed by atoms with Crippen molar-refractivity contribution in [3.8, 4) is 0 Å². The van der Waals surface area contributed by atoms with Gasteiger partial charge in [-0.3, -0.25) is 9.59 Å². The van der Waals surface area contributed by atoms with Crippen LogP contribution in [-0.4, -0.2) is 42.3 Å². The van der Waals surface area contributed by atoms with E-state index in [9.17, 15) is 22.8 Å². The lowest BCUT2D eigenvalue weighted by atomic mass is 10.0. The highest BCUT2D eigenvalue weighted by Gasteiger charge is 2.41. The molecule has 22 heavy (non-hydrogen) atoms. The number of hydrogen-bond acceptors (Lipinski definition) is 3. The van der Waals surface area contributed by atoms with E-state index in [-0.39, 0.29) is 18.2 Å². The Bertz CT molecular complexity index is 422. The van der Waals surface area contributed by atoms with Crippen LogP contribution in [0.1, 0.15) is 40.5 Å². The van der Waals surface area contributed by atoms with E-state index in [1.54, 1.807) is 19.2 Å². The zero-order chi connectivity index (χ0) is 17.1. The molecule has 0 aliphatic carbocycles. The van der Waals surface area contributed by atoms with Crippen molar-refractivity contribution < 1.29 is 27.5 Å². The van der Waals surface area contributed by atoms with Gasteiger partial charge in [-0.25, -0.2) is 0 Å². The van der Waals surface area contributed by atoms with Crippen LogP contribution in [0.15, 0.2) is 0 Å². The van der Waals surface area contributed by atoms with Crippen LogP contribution >= 0.6 is 0 Å². The summed E-state index contributed by atoms with van der Waals surface area (Å²) in [6.07, 6.45) is -3.54. The van der Waals surface area contributed by atoms with Crippen molar-refractivity contribution in [1.29, 1.82) is 0 Å². The van der Waals surface area contributed by atoms with Gasteiger partial charge in [0.1, 0.15) is 6.04 Å². The zero-order valence-electron chi connectivity index (χ0n) is 13.2. The van der Waals surface area contributed by atoms with Crippen LogP contribution in [0.4, 0.5) is 13.2 Å². The molecule has 2 atom stereocenters. The maximum Gasteiger partial charge on any atom is 0.471 e. The third-order valence-electron chi connectivity index (χ3n) is 3.55. The van der Waals surface area contributed by atoms with E-state index in [4.69, 9.17) is 4.74 Å². The molecule has 1 aliphatic heterocycles. The normalized spacial score (nSPS) is 22.5. The Labute approximate surface area is 128 Å². The first-order valence-electron chi connectivity index (χ1n) is 7.25. The topological polar surface area (TPSA) is 67.4 Å². The molecule has 1 aliphatic rings. The van der Waals surface area contributed by atoms with Gasteiger partial charge in [-0.05, 0) is 32.6 Å². The Kier molecular flexibility index (Phi) is 5.83. The van der Waals surface area contributed by atoms with Crippen molar-refractivity contribution in [3.63, 3.8) is 0 Å². The van der Waals surface area contributed by atoms with E-state index in [0.717, 1.165) is 12.8 Å². The molecule has 1 saturated heterocycles. The van der Waals surface area contributed by atoms with E-state index in [2.05, 4.69) is 5.32 Å². The number of carbonyl (C=O) groups is 2. The smallest absolute Gasteiger partial charge is 0.371 e. The molecule has 0 spiro atoms. The van der Waals surface area contributed by atoms with Gasteiger partial charge in [-0.2, -0.15) is 13.2 Å². The summed E-state index contributed by atoms with van der Waals surface area (Å²) in [7, 11) is 0. The predicted octanol–water partition coefficient (Wildman–Crippen LogP) is 1.76. The molecule has 128 valence electrons. The van der Waals surface area contributed by atoms with Gasteiger partial charge in [0.2, 0.25) is 5.91 Å². The molecule has 1 fully saturated rings. The Morgan fingerprint density at radius 1 is 1.32 bits per heavy atom. The largest absolute Gasteiger partial charge is 0.471 e. The maximum absolute atomic E-state index is 12.3. The standard InChI is InChI=1S/C14H23F3N2O3/c1-8(2)10(19-12(21)14(15,16)17)11(20)18-7-9-5-6-13(3,4)22-9/h8-10H,5-7H2,1-4H3,(H,18,20)(H,19,21)/t9?,10-/m0/s1. The van der Waals surface area contributed by atoms with Crippen LogP contribution in [0.5, 0.6) is 0 Å². The number of nitrogens with one attached hydrogen (secondary N) is 2. The lowest BCUT2D eigenvalue weighted by molar-refractivity contribution is -0.175. The summed E-state index contributed by atoms with van der Waals surface area (Å²) in [6, 6.07) is -1.23. The second kappa shape index (κ2) is 6.85. The molecule has 0 saturated carbocycles. The van der Waals surface area contributed by atoms with E-state index < -0.39 is 30.0 Å². The number of hydrogen-bond donors (Lipinski definition) is 2. The molecule has 0 bridgehead atoms. The molecule has 2 amide bonds. The SMILES string of the molecule is CC(C)[C@H](NC(=O)C(F)(F)F)C(=O)NCC1CCC(C)(C)O1. The van der Waals surface area contributed by atoms with Crippen LogP contribution in [0.3, 0.4) is 0 Å². The van der Waals surface area contributed by atoms with Gasteiger partial charge in [-0.15, -0.1) is 0 Å². The summed E-state index contributed by atoms with van der Waals surface area (Å²) in [5.41, 5.74) is -0.253. The molecule has 1 heterocycles. The Morgan fingerprint density at radius 2 is 1.91 bits per heavy atom. The summed E-state index contributed by atoms with van der Waals surface area (Å²) in [4.78, 5) is 23.0. The number of rotatable bonds is 5. The zero-order valence-corrected chi connectivity index (χ0v) is 13.2.